The summed E-state index contributed by atoms with van der Waals surface area (Å²) >= 11 is 3.39. The lowest BCUT2D eigenvalue weighted by atomic mass is 9.94. The van der Waals surface area contributed by atoms with Gasteiger partial charge in [-0.2, -0.15) is 0 Å². The zero-order valence-corrected chi connectivity index (χ0v) is 20.2. The van der Waals surface area contributed by atoms with Gasteiger partial charge >= 0.3 is 0 Å². The quantitative estimate of drug-likeness (QED) is 0.197. The third-order valence-electron chi connectivity index (χ3n) is 6.35. The van der Waals surface area contributed by atoms with Crippen molar-refractivity contribution < 1.29 is 14.7 Å². The van der Waals surface area contributed by atoms with Gasteiger partial charge in [0.15, 0.2) is 0 Å². The molecular formula is C28H23BrN2O3. The SMILES string of the molecule is Cc1ccc([C@H]2C(=C(O)c3ccc(Br)cc3)C(=O)C(=O)N2CCc2c[nH]c3ccccc23)cc1. The highest BCUT2D eigenvalue weighted by Gasteiger charge is 2.45. The topological polar surface area (TPSA) is 73.4 Å². The highest BCUT2D eigenvalue weighted by Crippen LogP contribution is 2.39. The number of H-pyrrole nitrogens is 1. The Balaban J connectivity index is 1.56. The number of halogens is 1. The normalized spacial score (nSPS) is 17.6. The second-order valence-corrected chi connectivity index (χ2v) is 9.44. The number of ketones is 1. The average molecular weight is 515 g/mol. The number of benzene rings is 3. The van der Waals surface area contributed by atoms with Crippen LogP contribution in [0, 0.1) is 6.92 Å². The van der Waals surface area contributed by atoms with Crippen LogP contribution in [0.3, 0.4) is 0 Å². The number of aromatic amines is 1. The van der Waals surface area contributed by atoms with Gasteiger partial charge in [0.1, 0.15) is 5.76 Å². The van der Waals surface area contributed by atoms with Crippen molar-refractivity contribution in [3.05, 3.63) is 111 Å². The Labute approximate surface area is 205 Å². The zero-order valence-electron chi connectivity index (χ0n) is 18.6. The van der Waals surface area contributed by atoms with Crippen molar-refractivity contribution in [2.45, 2.75) is 19.4 Å². The molecule has 0 unspecified atom stereocenters. The predicted octanol–water partition coefficient (Wildman–Crippen LogP) is 5.90. The first-order valence-electron chi connectivity index (χ1n) is 11.1. The Hall–Kier alpha value is -3.64. The number of fused-ring (bicyclic) bond motifs is 1. The van der Waals surface area contributed by atoms with Crippen LogP contribution < -0.4 is 0 Å². The maximum absolute atomic E-state index is 13.2. The molecule has 170 valence electrons. The highest BCUT2D eigenvalue weighted by molar-refractivity contribution is 9.10. The van der Waals surface area contributed by atoms with Crippen LogP contribution in [0.1, 0.15) is 28.3 Å². The van der Waals surface area contributed by atoms with E-state index in [1.165, 1.54) is 0 Å². The lowest BCUT2D eigenvalue weighted by Gasteiger charge is -2.25. The Morgan fingerprint density at radius 2 is 1.71 bits per heavy atom. The Morgan fingerprint density at radius 3 is 2.44 bits per heavy atom. The van der Waals surface area contributed by atoms with Gasteiger partial charge in [0.25, 0.3) is 11.7 Å². The molecule has 2 heterocycles. The molecule has 5 nitrogen and oxygen atoms in total. The number of Topliss-reactive ketones (excluding diaryl/α,β-unsaturated/α-hetero) is 1. The van der Waals surface area contributed by atoms with Crippen molar-refractivity contribution >= 4 is 44.3 Å². The lowest BCUT2D eigenvalue weighted by molar-refractivity contribution is -0.139. The van der Waals surface area contributed by atoms with Crippen molar-refractivity contribution in [1.29, 1.82) is 0 Å². The molecule has 6 heteroatoms. The molecule has 0 saturated carbocycles. The van der Waals surface area contributed by atoms with Gasteiger partial charge in [0.05, 0.1) is 11.6 Å². The van der Waals surface area contributed by atoms with Crippen molar-refractivity contribution in [2.24, 2.45) is 0 Å². The summed E-state index contributed by atoms with van der Waals surface area (Å²) < 4.78 is 0.860. The van der Waals surface area contributed by atoms with E-state index in [9.17, 15) is 14.7 Å². The maximum Gasteiger partial charge on any atom is 0.295 e. The van der Waals surface area contributed by atoms with Crippen LogP contribution in [0.25, 0.3) is 16.7 Å². The smallest absolute Gasteiger partial charge is 0.295 e. The molecule has 0 spiro atoms. The van der Waals surface area contributed by atoms with Gasteiger partial charge in [-0.1, -0.05) is 76.1 Å². The fourth-order valence-corrected chi connectivity index (χ4v) is 4.81. The van der Waals surface area contributed by atoms with Gasteiger partial charge in [-0.3, -0.25) is 9.59 Å². The predicted molar refractivity (Wildman–Crippen MR) is 136 cm³/mol. The third kappa shape index (κ3) is 3.94. The molecular weight excluding hydrogens is 492 g/mol. The number of aryl methyl sites for hydroxylation is 1. The average Bonchev–Trinajstić information content (AvgIpc) is 3.37. The molecule has 3 aromatic carbocycles. The maximum atomic E-state index is 13.2. The minimum absolute atomic E-state index is 0.120. The molecule has 34 heavy (non-hydrogen) atoms. The molecule has 0 radical (unpaired) electrons. The summed E-state index contributed by atoms with van der Waals surface area (Å²) in [4.78, 5) is 31.2. The van der Waals surface area contributed by atoms with Crippen LogP contribution in [-0.4, -0.2) is 33.2 Å². The van der Waals surface area contributed by atoms with Gasteiger partial charge in [0, 0.05) is 33.7 Å². The highest BCUT2D eigenvalue weighted by atomic mass is 79.9. The lowest BCUT2D eigenvalue weighted by Crippen LogP contribution is -2.31. The fraction of sp³-hybridized carbons (Fsp3) is 0.143. The number of aliphatic hydroxyl groups is 1. The van der Waals surface area contributed by atoms with E-state index in [-0.39, 0.29) is 11.3 Å². The van der Waals surface area contributed by atoms with E-state index in [0.717, 1.165) is 32.1 Å². The number of amides is 1. The Morgan fingerprint density at radius 1 is 1.00 bits per heavy atom. The molecule has 1 aromatic heterocycles. The monoisotopic (exact) mass is 514 g/mol. The number of hydrogen-bond donors (Lipinski definition) is 2. The first kappa shape index (κ1) is 22.2. The van der Waals surface area contributed by atoms with Crippen molar-refractivity contribution in [2.75, 3.05) is 6.54 Å². The molecule has 0 bridgehead atoms. The van der Waals surface area contributed by atoms with Crippen LogP contribution in [-0.2, 0) is 16.0 Å². The zero-order chi connectivity index (χ0) is 23.8. The van der Waals surface area contributed by atoms with Crippen LogP contribution in [0.4, 0.5) is 0 Å². The molecule has 1 atom stereocenters. The fourth-order valence-electron chi connectivity index (χ4n) is 4.55. The molecule has 1 saturated heterocycles. The van der Waals surface area contributed by atoms with E-state index in [1.54, 1.807) is 29.2 Å². The first-order valence-corrected chi connectivity index (χ1v) is 11.9. The number of rotatable bonds is 5. The number of para-hydroxylation sites is 1. The number of likely N-dealkylation sites (tertiary alicyclic amines) is 1. The van der Waals surface area contributed by atoms with E-state index >= 15 is 0 Å². The van der Waals surface area contributed by atoms with Gasteiger partial charge in [-0.15, -0.1) is 0 Å². The number of carbonyl (C=O) groups excluding carboxylic acids is 2. The summed E-state index contributed by atoms with van der Waals surface area (Å²) in [5, 5.41) is 12.3. The van der Waals surface area contributed by atoms with Gasteiger partial charge < -0.3 is 15.0 Å². The van der Waals surface area contributed by atoms with Crippen LogP contribution in [0.2, 0.25) is 0 Å². The standard InChI is InChI=1S/C28H23BrN2O3/c1-17-6-8-18(9-7-17)25-24(26(32)19-10-12-21(29)13-11-19)27(33)28(34)31(25)15-14-20-16-30-23-5-3-2-4-22(20)23/h2-13,16,25,30,32H,14-15H2,1H3/t25-/m0/s1. The van der Waals surface area contributed by atoms with E-state index in [0.29, 0.717) is 18.5 Å². The number of nitrogens with zero attached hydrogens (tertiary/aromatic N) is 1. The Kier molecular flexibility index (Phi) is 5.84. The summed E-state index contributed by atoms with van der Waals surface area (Å²) in [6, 6.07) is 22.1. The summed E-state index contributed by atoms with van der Waals surface area (Å²) in [6.07, 6.45) is 2.53. The summed E-state index contributed by atoms with van der Waals surface area (Å²) in [6.45, 7) is 2.33. The molecule has 1 aliphatic rings. The van der Waals surface area contributed by atoms with Gasteiger partial charge in [-0.05, 0) is 42.7 Å². The summed E-state index contributed by atoms with van der Waals surface area (Å²) in [5.41, 5.74) is 4.60. The minimum atomic E-state index is -0.662. The largest absolute Gasteiger partial charge is 0.507 e. The minimum Gasteiger partial charge on any atom is -0.507 e. The number of aliphatic hydroxyl groups excluding tert-OH is 1. The van der Waals surface area contributed by atoms with E-state index in [2.05, 4.69) is 20.9 Å². The van der Waals surface area contributed by atoms with Crippen LogP contribution >= 0.6 is 15.9 Å². The molecule has 1 fully saturated rings. The Bertz CT molecular complexity index is 1420. The number of aromatic nitrogens is 1. The number of carbonyl (C=O) groups is 2. The van der Waals surface area contributed by atoms with Gasteiger partial charge in [-0.25, -0.2) is 0 Å². The van der Waals surface area contributed by atoms with E-state index in [4.69, 9.17) is 0 Å². The third-order valence-corrected chi connectivity index (χ3v) is 6.88. The summed E-state index contributed by atoms with van der Waals surface area (Å²) in [7, 11) is 0. The van der Waals surface area contributed by atoms with Crippen LogP contribution in [0.15, 0.2) is 89.0 Å². The van der Waals surface area contributed by atoms with Crippen molar-refractivity contribution in [3.8, 4) is 0 Å². The molecule has 1 amide bonds. The van der Waals surface area contributed by atoms with Crippen molar-refractivity contribution in [1.82, 2.24) is 9.88 Å². The molecule has 4 aromatic rings. The van der Waals surface area contributed by atoms with Gasteiger partial charge in [0.2, 0.25) is 0 Å². The van der Waals surface area contributed by atoms with Crippen LogP contribution in [0.5, 0.6) is 0 Å². The molecule has 1 aliphatic heterocycles. The second kappa shape index (κ2) is 8.95. The molecule has 5 rings (SSSR count). The van der Waals surface area contributed by atoms with E-state index in [1.807, 2.05) is 61.7 Å². The van der Waals surface area contributed by atoms with E-state index < -0.39 is 17.7 Å². The summed E-state index contributed by atoms with van der Waals surface area (Å²) in [5.74, 6) is -1.42. The molecule has 2 N–H and O–H groups in total. The van der Waals surface area contributed by atoms with Crippen molar-refractivity contribution in [3.63, 3.8) is 0 Å². The second-order valence-electron chi connectivity index (χ2n) is 8.52. The molecule has 0 aliphatic carbocycles. The first-order chi connectivity index (χ1) is 16.4. The number of hydrogen-bond acceptors (Lipinski definition) is 3. The number of nitrogens with one attached hydrogen (secondary N) is 1.